The van der Waals surface area contributed by atoms with Crippen LogP contribution in [0.5, 0.6) is 0 Å². The molecule has 1 aromatic rings. The minimum Gasteiger partial charge on any atom is -1.00 e. The molecule has 0 bridgehead atoms. The molecule has 0 heterocycles. The van der Waals surface area contributed by atoms with Crippen molar-refractivity contribution < 1.29 is 51.0 Å². The molecule has 0 fully saturated rings. The maximum Gasteiger partial charge on any atom is 3.00 e. The van der Waals surface area contributed by atoms with E-state index in [4.69, 9.17) is 0 Å². The second-order valence-corrected chi connectivity index (χ2v) is 3.93. The molecular weight excluding hydrogens is 282 g/mol. The summed E-state index contributed by atoms with van der Waals surface area (Å²) in [7, 11) is 0. The molecule has 0 saturated heterocycles. The Balaban J connectivity index is -0.000000333. The van der Waals surface area contributed by atoms with Gasteiger partial charge < -0.3 is 24.8 Å². The molecule has 0 atom stereocenters. The number of hydrogen-bond acceptors (Lipinski definition) is 0. The number of halogens is 2. The van der Waals surface area contributed by atoms with Crippen LogP contribution in [0.1, 0.15) is 31.9 Å². The van der Waals surface area contributed by atoms with E-state index in [1.165, 1.54) is 11.1 Å². The maximum absolute atomic E-state index is 2.25. The van der Waals surface area contributed by atoms with Crippen molar-refractivity contribution in [2.75, 3.05) is 0 Å². The summed E-state index contributed by atoms with van der Waals surface area (Å²) in [6.07, 6.45) is 0. The number of rotatable bonds is 0. The third-order valence-corrected chi connectivity index (χ3v) is 1.77. The molecule has 0 amide bonds. The molecule has 0 aliphatic carbocycles. The summed E-state index contributed by atoms with van der Waals surface area (Å²) in [5.74, 6) is 0. The largest absolute Gasteiger partial charge is 3.00 e. The number of aryl methyl sites for hydroxylation is 1. The summed E-state index contributed by atoms with van der Waals surface area (Å²) < 4.78 is 0. The van der Waals surface area contributed by atoms with Gasteiger partial charge in [-0.15, -0.1) is 0 Å². The maximum atomic E-state index is 2.25. The van der Waals surface area contributed by atoms with Crippen LogP contribution in [0.4, 0.5) is 0 Å². The van der Waals surface area contributed by atoms with E-state index in [-0.39, 0.29) is 51.0 Å². The van der Waals surface area contributed by atoms with Gasteiger partial charge in [-0.25, -0.2) is 6.07 Å². The van der Waals surface area contributed by atoms with E-state index in [1.807, 2.05) is 0 Å². The predicted molar refractivity (Wildman–Crippen MR) is 45.5 cm³/mol. The molecule has 0 saturated carbocycles. The summed E-state index contributed by atoms with van der Waals surface area (Å²) in [5.41, 5.74) is 3.11. The standard InChI is InChI=1S/C10H15.2ClH.Zr/c1-8-5-6-9(7-8)10(2,3)4;;;/h5-7H,1-4H3;2*1H;/q-1;;;+3/p-2. The second-order valence-electron chi connectivity index (χ2n) is 3.93. The van der Waals surface area contributed by atoms with Gasteiger partial charge in [0.25, 0.3) is 0 Å². The molecule has 0 nitrogen and oxygen atoms in total. The second kappa shape index (κ2) is 7.15. The van der Waals surface area contributed by atoms with E-state index in [1.54, 1.807) is 0 Å². The summed E-state index contributed by atoms with van der Waals surface area (Å²) >= 11 is 0. The van der Waals surface area contributed by atoms with Crippen LogP contribution in [0.15, 0.2) is 18.2 Å². The molecule has 1 radical (unpaired) electrons. The molecule has 0 unspecified atom stereocenters. The van der Waals surface area contributed by atoms with Crippen molar-refractivity contribution in [2.45, 2.75) is 33.1 Å². The smallest absolute Gasteiger partial charge is 1.00 e. The van der Waals surface area contributed by atoms with E-state index >= 15 is 0 Å². The Hall–Kier alpha value is 0.813. The first-order chi connectivity index (χ1) is 4.50. The van der Waals surface area contributed by atoms with Crippen LogP contribution < -0.4 is 24.8 Å². The molecular formula is C10H15Cl2Zr. The fraction of sp³-hybridized carbons (Fsp3) is 0.500. The van der Waals surface area contributed by atoms with Gasteiger partial charge in [0.05, 0.1) is 0 Å². The Kier molecular flexibility index (Phi) is 10.7. The van der Waals surface area contributed by atoms with E-state index in [2.05, 4.69) is 45.9 Å². The van der Waals surface area contributed by atoms with Crippen molar-refractivity contribution in [3.8, 4) is 0 Å². The van der Waals surface area contributed by atoms with E-state index < -0.39 is 0 Å². The molecule has 1 aromatic carbocycles. The molecule has 0 spiro atoms. The van der Waals surface area contributed by atoms with Crippen molar-refractivity contribution in [3.05, 3.63) is 29.3 Å². The van der Waals surface area contributed by atoms with Crippen LogP contribution in [0, 0.1) is 6.92 Å². The Bertz CT molecular complexity index is 223. The van der Waals surface area contributed by atoms with Gasteiger partial charge in [-0.3, -0.25) is 0 Å². The van der Waals surface area contributed by atoms with Crippen LogP contribution in [-0.4, -0.2) is 0 Å². The van der Waals surface area contributed by atoms with Crippen molar-refractivity contribution >= 4 is 0 Å². The van der Waals surface area contributed by atoms with E-state index in [0.717, 1.165) is 0 Å². The molecule has 0 aliphatic heterocycles. The molecule has 0 aliphatic rings. The average molecular weight is 297 g/mol. The molecule has 3 heteroatoms. The fourth-order valence-corrected chi connectivity index (χ4v) is 1.03. The first-order valence-electron chi connectivity index (χ1n) is 3.74. The minimum absolute atomic E-state index is 0. The van der Waals surface area contributed by atoms with E-state index in [0.29, 0.717) is 5.41 Å². The first kappa shape index (κ1) is 19.4. The topological polar surface area (TPSA) is 0 Å². The summed E-state index contributed by atoms with van der Waals surface area (Å²) in [5, 5.41) is 0. The Morgan fingerprint density at radius 1 is 1.15 bits per heavy atom. The SMILES string of the molecule is Cc1cc(C(C)(C)C)c[cH-]1.[Cl-].[Cl-].[Zr+3]. The predicted octanol–water partition coefficient (Wildman–Crippen LogP) is -2.98. The third-order valence-electron chi connectivity index (χ3n) is 1.77. The van der Waals surface area contributed by atoms with Crippen molar-refractivity contribution in [1.82, 2.24) is 0 Å². The quantitative estimate of drug-likeness (QED) is 0.448. The van der Waals surface area contributed by atoms with Crippen molar-refractivity contribution in [1.29, 1.82) is 0 Å². The Morgan fingerprint density at radius 3 is 1.77 bits per heavy atom. The Morgan fingerprint density at radius 2 is 1.62 bits per heavy atom. The van der Waals surface area contributed by atoms with Gasteiger partial charge in [0.2, 0.25) is 0 Å². The van der Waals surface area contributed by atoms with Gasteiger partial charge in [-0.2, -0.15) is 23.3 Å². The molecule has 73 valence electrons. The van der Waals surface area contributed by atoms with Gasteiger partial charge >= 0.3 is 26.2 Å². The summed E-state index contributed by atoms with van der Waals surface area (Å²) in [4.78, 5) is 0. The molecule has 13 heavy (non-hydrogen) atoms. The minimum atomic E-state index is 0. The monoisotopic (exact) mass is 295 g/mol. The van der Waals surface area contributed by atoms with Crippen LogP contribution in [0.25, 0.3) is 0 Å². The van der Waals surface area contributed by atoms with Gasteiger partial charge in [-0.05, 0) is 0 Å². The third kappa shape index (κ3) is 5.99. The summed E-state index contributed by atoms with van der Waals surface area (Å²) in [6, 6.07) is 6.62. The van der Waals surface area contributed by atoms with Crippen LogP contribution in [-0.2, 0) is 31.6 Å². The molecule has 0 N–H and O–H groups in total. The Labute approximate surface area is 113 Å². The molecule has 1 rings (SSSR count). The molecule has 0 aromatic heterocycles. The zero-order valence-corrected chi connectivity index (χ0v) is 12.5. The van der Waals surface area contributed by atoms with Crippen LogP contribution in [0.2, 0.25) is 0 Å². The van der Waals surface area contributed by atoms with Crippen molar-refractivity contribution in [3.63, 3.8) is 0 Å². The zero-order chi connectivity index (χ0) is 7.78. The summed E-state index contributed by atoms with van der Waals surface area (Å²) in [6.45, 7) is 8.85. The zero-order valence-electron chi connectivity index (χ0n) is 8.49. The number of hydrogen-bond donors (Lipinski definition) is 0. The van der Waals surface area contributed by atoms with Crippen molar-refractivity contribution in [2.24, 2.45) is 0 Å². The van der Waals surface area contributed by atoms with Gasteiger partial charge in [0.1, 0.15) is 0 Å². The van der Waals surface area contributed by atoms with Gasteiger partial charge in [0, 0.05) is 0 Å². The fourth-order valence-electron chi connectivity index (χ4n) is 1.03. The van der Waals surface area contributed by atoms with E-state index in [9.17, 15) is 0 Å². The van der Waals surface area contributed by atoms with Gasteiger partial charge in [-0.1, -0.05) is 33.1 Å². The van der Waals surface area contributed by atoms with Crippen LogP contribution in [0.3, 0.4) is 0 Å². The van der Waals surface area contributed by atoms with Crippen LogP contribution >= 0.6 is 0 Å². The first-order valence-corrected chi connectivity index (χ1v) is 3.74. The van der Waals surface area contributed by atoms with Gasteiger partial charge in [0.15, 0.2) is 0 Å². The average Bonchev–Trinajstić information content (AvgIpc) is 2.11. The normalized spacial score (nSPS) is 9.23.